The Morgan fingerprint density at radius 2 is 2.08 bits per heavy atom. The minimum Gasteiger partial charge on any atom is -0.388 e. The minimum atomic E-state index is -0.899. The van der Waals surface area contributed by atoms with E-state index in [0.717, 1.165) is 25.1 Å². The molecule has 25 heavy (non-hydrogen) atoms. The molecule has 5 nitrogen and oxygen atoms in total. The van der Waals surface area contributed by atoms with E-state index in [0.29, 0.717) is 0 Å². The summed E-state index contributed by atoms with van der Waals surface area (Å²) in [6.45, 7) is 9.51. The summed E-state index contributed by atoms with van der Waals surface area (Å²) in [7, 11) is 0. The molecule has 1 aliphatic rings. The number of hydrogen-bond donors (Lipinski definition) is 3. The molecule has 1 heterocycles. The van der Waals surface area contributed by atoms with Gasteiger partial charge in [0, 0.05) is 18.8 Å². The zero-order chi connectivity index (χ0) is 18.3. The molecule has 1 aromatic carbocycles. The van der Waals surface area contributed by atoms with E-state index < -0.39 is 5.60 Å². The van der Waals surface area contributed by atoms with E-state index in [1.807, 2.05) is 32.0 Å². The maximum absolute atomic E-state index is 12.1. The van der Waals surface area contributed by atoms with E-state index in [1.54, 1.807) is 6.92 Å². The van der Waals surface area contributed by atoms with Crippen LogP contribution in [0.25, 0.3) is 0 Å². The number of amides is 2. The summed E-state index contributed by atoms with van der Waals surface area (Å²) in [6, 6.07) is 7.73. The van der Waals surface area contributed by atoms with Crippen LogP contribution in [0.1, 0.15) is 45.6 Å². The third-order valence-corrected chi connectivity index (χ3v) is 5.38. The second kappa shape index (κ2) is 9.20. The van der Waals surface area contributed by atoms with Crippen LogP contribution < -0.4 is 10.6 Å². The summed E-state index contributed by atoms with van der Waals surface area (Å²) < 4.78 is 0. The summed E-state index contributed by atoms with van der Waals surface area (Å²) in [6.07, 6.45) is 4.49. The number of benzene rings is 1. The first-order valence-corrected chi connectivity index (χ1v) is 9.49. The van der Waals surface area contributed by atoms with Gasteiger partial charge in [0.15, 0.2) is 0 Å². The molecule has 2 rings (SSSR count). The highest BCUT2D eigenvalue weighted by Crippen LogP contribution is 2.19. The maximum atomic E-state index is 12.1. The number of urea groups is 1. The number of carbonyl (C=O) groups excluding carboxylic acids is 1. The van der Waals surface area contributed by atoms with Gasteiger partial charge in [-0.15, -0.1) is 0 Å². The van der Waals surface area contributed by atoms with Gasteiger partial charge in [0.2, 0.25) is 0 Å². The number of likely N-dealkylation sites (tertiary alicyclic amines) is 1. The summed E-state index contributed by atoms with van der Waals surface area (Å²) in [5, 5.41) is 16.0. The van der Waals surface area contributed by atoms with Crippen molar-refractivity contribution in [2.45, 2.75) is 52.1 Å². The van der Waals surface area contributed by atoms with Crippen LogP contribution in [0.4, 0.5) is 10.5 Å². The molecule has 1 aliphatic heterocycles. The second-order valence-electron chi connectivity index (χ2n) is 7.47. The smallest absolute Gasteiger partial charge is 0.319 e. The first kappa shape index (κ1) is 19.7. The van der Waals surface area contributed by atoms with E-state index >= 15 is 0 Å². The molecule has 0 aromatic heterocycles. The van der Waals surface area contributed by atoms with Crippen LogP contribution in [-0.4, -0.2) is 47.8 Å². The van der Waals surface area contributed by atoms with Gasteiger partial charge in [-0.1, -0.05) is 32.4 Å². The van der Waals surface area contributed by atoms with Crippen molar-refractivity contribution in [2.75, 3.05) is 31.5 Å². The van der Waals surface area contributed by atoms with Gasteiger partial charge in [0.25, 0.3) is 0 Å². The molecule has 1 saturated heterocycles. The van der Waals surface area contributed by atoms with Crippen LogP contribution in [-0.2, 0) is 6.42 Å². The molecule has 2 amide bonds. The van der Waals surface area contributed by atoms with Gasteiger partial charge in [-0.3, -0.25) is 0 Å². The number of nitrogens with one attached hydrogen (secondary N) is 2. The SMILES string of the molecule is CCC(C)C(C)(O)CNC(=O)Nc1cccc(CCN2CCCC2)c1. The van der Waals surface area contributed by atoms with Gasteiger partial charge in [0.05, 0.1) is 5.60 Å². The van der Waals surface area contributed by atoms with Crippen molar-refractivity contribution in [3.05, 3.63) is 29.8 Å². The van der Waals surface area contributed by atoms with Crippen LogP contribution in [0.3, 0.4) is 0 Å². The molecule has 0 spiro atoms. The molecule has 0 radical (unpaired) electrons. The normalized spacial score (nSPS) is 18.6. The zero-order valence-corrected chi connectivity index (χ0v) is 15.8. The molecule has 5 heteroatoms. The van der Waals surface area contributed by atoms with Gasteiger partial charge < -0.3 is 20.6 Å². The molecular weight excluding hydrogens is 314 g/mol. The average molecular weight is 348 g/mol. The number of anilines is 1. The van der Waals surface area contributed by atoms with Gasteiger partial charge in [-0.2, -0.15) is 0 Å². The Morgan fingerprint density at radius 1 is 1.36 bits per heavy atom. The van der Waals surface area contributed by atoms with Crippen LogP contribution in [0, 0.1) is 5.92 Å². The minimum absolute atomic E-state index is 0.127. The van der Waals surface area contributed by atoms with Crippen LogP contribution >= 0.6 is 0 Å². The Morgan fingerprint density at radius 3 is 2.76 bits per heavy atom. The molecule has 140 valence electrons. The number of rotatable bonds is 8. The fourth-order valence-electron chi connectivity index (χ4n) is 3.15. The predicted molar refractivity (Wildman–Crippen MR) is 103 cm³/mol. The fourth-order valence-corrected chi connectivity index (χ4v) is 3.15. The van der Waals surface area contributed by atoms with Crippen molar-refractivity contribution in [3.63, 3.8) is 0 Å². The van der Waals surface area contributed by atoms with E-state index in [4.69, 9.17) is 0 Å². The first-order chi connectivity index (χ1) is 11.9. The zero-order valence-electron chi connectivity index (χ0n) is 15.8. The average Bonchev–Trinajstić information content (AvgIpc) is 3.11. The summed E-state index contributed by atoms with van der Waals surface area (Å²) in [5.74, 6) is 0.127. The molecule has 2 unspecified atom stereocenters. The number of aliphatic hydroxyl groups is 1. The van der Waals surface area contributed by atoms with Crippen LogP contribution in [0.15, 0.2) is 24.3 Å². The Balaban J connectivity index is 1.81. The highest BCUT2D eigenvalue weighted by molar-refractivity contribution is 5.89. The second-order valence-corrected chi connectivity index (χ2v) is 7.47. The molecule has 1 aromatic rings. The first-order valence-electron chi connectivity index (χ1n) is 9.49. The van der Waals surface area contributed by atoms with Crippen molar-refractivity contribution in [3.8, 4) is 0 Å². The standard InChI is InChI=1S/C20H33N3O2/c1-4-16(2)20(3,25)15-21-19(24)22-18-9-7-8-17(14-18)10-13-23-11-5-6-12-23/h7-9,14,16,25H,4-6,10-13,15H2,1-3H3,(H2,21,22,24). The molecule has 0 aliphatic carbocycles. The van der Waals surface area contributed by atoms with Gasteiger partial charge in [0.1, 0.15) is 0 Å². The van der Waals surface area contributed by atoms with E-state index in [1.165, 1.54) is 31.5 Å². The van der Waals surface area contributed by atoms with Gasteiger partial charge >= 0.3 is 6.03 Å². The predicted octanol–water partition coefficient (Wildman–Crippen LogP) is 3.24. The van der Waals surface area contributed by atoms with Gasteiger partial charge in [-0.25, -0.2) is 4.79 Å². The molecule has 1 fully saturated rings. The molecule has 0 saturated carbocycles. The third kappa shape index (κ3) is 6.33. The number of nitrogens with zero attached hydrogens (tertiary/aromatic N) is 1. The summed E-state index contributed by atoms with van der Waals surface area (Å²) in [4.78, 5) is 14.6. The highest BCUT2D eigenvalue weighted by atomic mass is 16.3. The lowest BCUT2D eigenvalue weighted by Gasteiger charge is -2.29. The van der Waals surface area contributed by atoms with Crippen molar-refractivity contribution in [1.82, 2.24) is 10.2 Å². The highest BCUT2D eigenvalue weighted by Gasteiger charge is 2.27. The summed E-state index contributed by atoms with van der Waals surface area (Å²) in [5.41, 5.74) is 1.12. The third-order valence-electron chi connectivity index (χ3n) is 5.38. The van der Waals surface area contributed by atoms with Crippen molar-refractivity contribution >= 4 is 11.7 Å². The van der Waals surface area contributed by atoms with Gasteiger partial charge in [-0.05, 0) is 62.9 Å². The lowest BCUT2D eigenvalue weighted by Crippen LogP contribution is -2.46. The maximum Gasteiger partial charge on any atom is 0.319 e. The topological polar surface area (TPSA) is 64.6 Å². The lowest BCUT2D eigenvalue weighted by atomic mass is 9.89. The van der Waals surface area contributed by atoms with Crippen molar-refractivity contribution in [2.24, 2.45) is 5.92 Å². The Kier molecular flexibility index (Phi) is 7.26. The Labute approximate surface area is 151 Å². The molecular formula is C20H33N3O2. The number of carbonyl (C=O) groups is 1. The lowest BCUT2D eigenvalue weighted by molar-refractivity contribution is 0.00827. The summed E-state index contributed by atoms with van der Waals surface area (Å²) >= 11 is 0. The van der Waals surface area contributed by atoms with Crippen LogP contribution in [0.2, 0.25) is 0 Å². The van der Waals surface area contributed by atoms with Crippen LogP contribution in [0.5, 0.6) is 0 Å². The van der Waals surface area contributed by atoms with Crippen molar-refractivity contribution in [1.29, 1.82) is 0 Å². The molecule has 0 bridgehead atoms. The monoisotopic (exact) mass is 347 g/mol. The van der Waals surface area contributed by atoms with E-state index in [-0.39, 0.29) is 18.5 Å². The van der Waals surface area contributed by atoms with E-state index in [2.05, 4.69) is 21.6 Å². The molecule has 3 N–H and O–H groups in total. The number of hydrogen-bond acceptors (Lipinski definition) is 3. The van der Waals surface area contributed by atoms with E-state index in [9.17, 15) is 9.90 Å². The Bertz CT molecular complexity index is 554. The molecule has 2 atom stereocenters. The van der Waals surface area contributed by atoms with Crippen molar-refractivity contribution < 1.29 is 9.90 Å². The Hall–Kier alpha value is -1.59. The largest absolute Gasteiger partial charge is 0.388 e. The fraction of sp³-hybridized carbons (Fsp3) is 0.650. The quantitative estimate of drug-likeness (QED) is 0.676.